The van der Waals surface area contributed by atoms with Crippen molar-refractivity contribution in [3.8, 4) is 0 Å². The predicted octanol–water partition coefficient (Wildman–Crippen LogP) is 3.30. The zero-order chi connectivity index (χ0) is 13.3. The number of rotatable bonds is 3. The number of furan rings is 1. The number of allylic oxidation sites excluding steroid dienone is 1. The molecule has 0 aliphatic heterocycles. The second kappa shape index (κ2) is 4.61. The van der Waals surface area contributed by atoms with Gasteiger partial charge in [-0.2, -0.15) is 0 Å². The van der Waals surface area contributed by atoms with Crippen LogP contribution in [0.3, 0.4) is 0 Å². The molecular weight excluding hydrogens is 228 g/mol. The summed E-state index contributed by atoms with van der Waals surface area (Å²) in [5.41, 5.74) is 1.75. The minimum absolute atomic E-state index is 0.199. The summed E-state index contributed by atoms with van der Waals surface area (Å²) in [6, 6.07) is 7.56. The molecule has 0 saturated heterocycles. The Kier molecular flexibility index (Phi) is 3.15. The van der Waals surface area contributed by atoms with Gasteiger partial charge >= 0.3 is 0 Å². The summed E-state index contributed by atoms with van der Waals surface area (Å²) in [5.74, 6) is 0.246. The summed E-state index contributed by atoms with van der Waals surface area (Å²) in [4.78, 5) is 22.9. The van der Waals surface area contributed by atoms with Gasteiger partial charge in [-0.15, -0.1) is 0 Å². The molecule has 0 aliphatic carbocycles. The summed E-state index contributed by atoms with van der Waals surface area (Å²) in [5, 5.41) is 0.912. The fraction of sp³-hybridized carbons (Fsp3) is 0.200. The van der Waals surface area contributed by atoms with E-state index in [0.29, 0.717) is 5.76 Å². The molecule has 1 aromatic heterocycles. The minimum atomic E-state index is -0.229. The Hall–Kier alpha value is -2.16. The Morgan fingerprint density at radius 2 is 1.72 bits per heavy atom. The molecule has 0 spiro atoms. The Bertz CT molecular complexity index is 643. The Morgan fingerprint density at radius 1 is 1.11 bits per heavy atom. The van der Waals surface area contributed by atoms with E-state index in [0.717, 1.165) is 16.5 Å². The third kappa shape index (κ3) is 2.12. The first-order valence-corrected chi connectivity index (χ1v) is 5.72. The van der Waals surface area contributed by atoms with E-state index >= 15 is 0 Å². The van der Waals surface area contributed by atoms with Gasteiger partial charge in [0, 0.05) is 10.9 Å². The zero-order valence-electron chi connectivity index (χ0n) is 10.6. The molecule has 1 aromatic carbocycles. The third-order valence-corrected chi connectivity index (χ3v) is 2.87. The molecular formula is C15H14O3. The van der Waals surface area contributed by atoms with Crippen LogP contribution in [0.1, 0.15) is 25.2 Å². The van der Waals surface area contributed by atoms with Crippen LogP contribution >= 0.6 is 0 Å². The number of carbonyl (C=O) groups excluding carboxylic acids is 2. The summed E-state index contributed by atoms with van der Waals surface area (Å²) >= 11 is 0. The number of Topliss-reactive ketones (excluding diaryl/α,β-unsaturated/α-hetero) is 2. The Labute approximate surface area is 105 Å². The normalized spacial score (nSPS) is 10.4. The van der Waals surface area contributed by atoms with Crippen LogP contribution in [0.15, 0.2) is 34.3 Å². The number of hydrogen-bond acceptors (Lipinski definition) is 3. The van der Waals surface area contributed by atoms with Crippen LogP contribution in [-0.4, -0.2) is 11.6 Å². The second-order valence-corrected chi connectivity index (χ2v) is 4.24. The lowest BCUT2D eigenvalue weighted by molar-refractivity contribution is -0.119. The van der Waals surface area contributed by atoms with Gasteiger partial charge in [-0.05, 0) is 32.9 Å². The lowest BCUT2D eigenvalue weighted by Crippen LogP contribution is -2.05. The molecule has 2 rings (SSSR count). The van der Waals surface area contributed by atoms with Gasteiger partial charge in [-0.25, -0.2) is 0 Å². The molecule has 0 saturated carbocycles. The number of hydrogen-bond donors (Lipinski definition) is 0. The van der Waals surface area contributed by atoms with Crippen LogP contribution in [0.25, 0.3) is 17.0 Å². The van der Waals surface area contributed by atoms with Crippen LogP contribution in [0, 0.1) is 6.92 Å². The standard InChI is InChI=1S/C15H14O3/c1-9(16)13(10(2)17)8-14-11(3)18-15-7-5-4-6-12(14)15/h4-8H,1-3H3. The van der Waals surface area contributed by atoms with E-state index in [2.05, 4.69) is 0 Å². The Balaban J connectivity index is 2.67. The molecule has 0 N–H and O–H groups in total. The van der Waals surface area contributed by atoms with Crippen molar-refractivity contribution in [1.82, 2.24) is 0 Å². The number of para-hydroxylation sites is 1. The van der Waals surface area contributed by atoms with Crippen molar-refractivity contribution in [2.24, 2.45) is 0 Å². The molecule has 0 fully saturated rings. The number of aryl methyl sites for hydroxylation is 1. The summed E-state index contributed by atoms with van der Waals surface area (Å²) in [7, 11) is 0. The molecule has 1 heterocycles. The van der Waals surface area contributed by atoms with Crippen molar-refractivity contribution in [3.63, 3.8) is 0 Å². The molecule has 18 heavy (non-hydrogen) atoms. The highest BCUT2D eigenvalue weighted by molar-refractivity contribution is 6.22. The molecule has 92 valence electrons. The van der Waals surface area contributed by atoms with Gasteiger partial charge in [0.25, 0.3) is 0 Å². The van der Waals surface area contributed by atoms with Crippen LogP contribution in [0.5, 0.6) is 0 Å². The van der Waals surface area contributed by atoms with Gasteiger partial charge in [0.15, 0.2) is 11.6 Å². The van der Waals surface area contributed by atoms with E-state index in [4.69, 9.17) is 4.42 Å². The van der Waals surface area contributed by atoms with Crippen LogP contribution < -0.4 is 0 Å². The first-order valence-electron chi connectivity index (χ1n) is 5.72. The van der Waals surface area contributed by atoms with E-state index in [1.165, 1.54) is 13.8 Å². The van der Waals surface area contributed by atoms with Gasteiger partial charge in [-0.3, -0.25) is 9.59 Å². The molecule has 3 heteroatoms. The molecule has 0 bridgehead atoms. The van der Waals surface area contributed by atoms with Crippen LogP contribution in [-0.2, 0) is 9.59 Å². The van der Waals surface area contributed by atoms with Crippen molar-refractivity contribution in [2.75, 3.05) is 0 Å². The molecule has 0 aliphatic rings. The van der Waals surface area contributed by atoms with Crippen molar-refractivity contribution in [2.45, 2.75) is 20.8 Å². The summed E-state index contributed by atoms with van der Waals surface area (Å²) < 4.78 is 5.59. The highest BCUT2D eigenvalue weighted by Crippen LogP contribution is 2.27. The number of ketones is 2. The van der Waals surface area contributed by atoms with Gasteiger partial charge in [0.2, 0.25) is 0 Å². The van der Waals surface area contributed by atoms with E-state index < -0.39 is 0 Å². The second-order valence-electron chi connectivity index (χ2n) is 4.24. The Morgan fingerprint density at radius 3 is 2.33 bits per heavy atom. The number of carbonyl (C=O) groups is 2. The third-order valence-electron chi connectivity index (χ3n) is 2.87. The predicted molar refractivity (Wildman–Crippen MR) is 70.3 cm³/mol. The van der Waals surface area contributed by atoms with Gasteiger partial charge in [0.05, 0.1) is 5.57 Å². The maximum absolute atomic E-state index is 11.4. The average molecular weight is 242 g/mol. The van der Waals surface area contributed by atoms with Gasteiger partial charge < -0.3 is 4.42 Å². The zero-order valence-corrected chi connectivity index (χ0v) is 10.6. The molecule has 2 aromatic rings. The monoisotopic (exact) mass is 242 g/mol. The molecule has 3 nitrogen and oxygen atoms in total. The van der Waals surface area contributed by atoms with Crippen molar-refractivity contribution >= 4 is 28.6 Å². The van der Waals surface area contributed by atoms with E-state index in [1.54, 1.807) is 6.08 Å². The SMILES string of the molecule is CC(=O)C(=Cc1c(C)oc2ccccc12)C(C)=O. The topological polar surface area (TPSA) is 47.3 Å². The quantitative estimate of drug-likeness (QED) is 0.471. The summed E-state index contributed by atoms with van der Waals surface area (Å²) in [6.07, 6.45) is 1.62. The molecule has 0 atom stereocenters. The molecule has 0 amide bonds. The fourth-order valence-electron chi connectivity index (χ4n) is 1.96. The first kappa shape index (κ1) is 12.3. The highest BCUT2D eigenvalue weighted by Gasteiger charge is 2.14. The van der Waals surface area contributed by atoms with E-state index in [9.17, 15) is 9.59 Å². The number of fused-ring (bicyclic) bond motifs is 1. The lowest BCUT2D eigenvalue weighted by Gasteiger charge is -1.98. The molecule has 0 unspecified atom stereocenters. The van der Waals surface area contributed by atoms with Crippen molar-refractivity contribution in [1.29, 1.82) is 0 Å². The highest BCUT2D eigenvalue weighted by atomic mass is 16.3. The van der Waals surface area contributed by atoms with Gasteiger partial charge in [-0.1, -0.05) is 18.2 Å². The summed E-state index contributed by atoms with van der Waals surface area (Å²) in [6.45, 7) is 4.61. The first-order chi connectivity index (χ1) is 8.50. The van der Waals surface area contributed by atoms with Crippen molar-refractivity contribution in [3.05, 3.63) is 41.2 Å². The van der Waals surface area contributed by atoms with Crippen LogP contribution in [0.2, 0.25) is 0 Å². The van der Waals surface area contributed by atoms with Crippen molar-refractivity contribution < 1.29 is 14.0 Å². The largest absolute Gasteiger partial charge is 0.461 e. The minimum Gasteiger partial charge on any atom is -0.461 e. The number of benzene rings is 1. The van der Waals surface area contributed by atoms with Gasteiger partial charge in [0.1, 0.15) is 11.3 Å². The maximum atomic E-state index is 11.4. The maximum Gasteiger partial charge on any atom is 0.163 e. The lowest BCUT2D eigenvalue weighted by atomic mass is 10.0. The van der Waals surface area contributed by atoms with E-state index in [1.807, 2.05) is 31.2 Å². The smallest absolute Gasteiger partial charge is 0.163 e. The van der Waals surface area contributed by atoms with Crippen LogP contribution in [0.4, 0.5) is 0 Å². The fourth-order valence-corrected chi connectivity index (χ4v) is 1.96. The molecule has 0 radical (unpaired) electrons. The van der Waals surface area contributed by atoms with E-state index in [-0.39, 0.29) is 17.1 Å². The average Bonchev–Trinajstić information content (AvgIpc) is 2.61.